The van der Waals surface area contributed by atoms with E-state index in [1.54, 1.807) is 31.3 Å². The van der Waals surface area contributed by atoms with E-state index in [2.05, 4.69) is 36.2 Å². The third-order valence-electron chi connectivity index (χ3n) is 5.53. The number of thioether (sulfide) groups is 1. The molecule has 1 heterocycles. The van der Waals surface area contributed by atoms with Crippen LogP contribution >= 0.6 is 11.8 Å². The largest absolute Gasteiger partial charge is 0.489 e. The fourth-order valence-electron chi connectivity index (χ4n) is 3.47. The molecule has 4 rings (SSSR count). The maximum absolute atomic E-state index is 12.7. The van der Waals surface area contributed by atoms with Gasteiger partial charge in [-0.25, -0.2) is 4.99 Å². The maximum atomic E-state index is 12.7. The number of likely N-dealkylation sites (N-methyl/N-ethyl adjacent to an activating group) is 1. The smallest absolute Gasteiger partial charge is 0.307 e. The number of aryl methyl sites for hydroxylation is 1. The first-order valence-electron chi connectivity index (χ1n) is 11.3. The van der Waals surface area contributed by atoms with Crippen LogP contribution in [0.15, 0.2) is 82.7 Å². The van der Waals surface area contributed by atoms with Gasteiger partial charge in [0.05, 0.1) is 17.0 Å². The number of hydrogen-bond donors (Lipinski definition) is 1. The quantitative estimate of drug-likeness (QED) is 0.414. The summed E-state index contributed by atoms with van der Waals surface area (Å²) in [5.41, 5.74) is 4.68. The molecule has 1 aliphatic rings. The van der Waals surface area contributed by atoms with Gasteiger partial charge >= 0.3 is 5.97 Å². The number of carbonyl (C=O) groups excluding carboxylic acids is 1. The predicted molar refractivity (Wildman–Crippen MR) is 140 cm³/mol. The second-order valence-corrected chi connectivity index (χ2v) is 9.14. The topological polar surface area (TPSA) is 79.2 Å². The van der Waals surface area contributed by atoms with Gasteiger partial charge in [0.2, 0.25) is 0 Å². The number of carboxylic acid groups (broad SMARTS) is 1. The van der Waals surface area contributed by atoms with Crippen LogP contribution in [-0.2, 0) is 29.0 Å². The minimum absolute atomic E-state index is 0.0350. The van der Waals surface area contributed by atoms with E-state index in [-0.39, 0.29) is 12.3 Å². The lowest BCUT2D eigenvalue weighted by Gasteiger charge is -2.07. The summed E-state index contributed by atoms with van der Waals surface area (Å²) in [6.07, 6.45) is 2.83. The number of carbonyl (C=O) groups is 2. The van der Waals surface area contributed by atoms with Crippen molar-refractivity contribution in [3.8, 4) is 5.75 Å². The summed E-state index contributed by atoms with van der Waals surface area (Å²) < 4.78 is 5.89. The fourth-order valence-corrected chi connectivity index (χ4v) is 4.46. The Morgan fingerprint density at radius 1 is 0.971 bits per heavy atom. The Kier molecular flexibility index (Phi) is 7.67. The Hall–Kier alpha value is -3.84. The lowest BCUT2D eigenvalue weighted by Crippen LogP contribution is -2.23. The normalized spacial score (nSPS) is 15.7. The molecule has 0 aliphatic carbocycles. The van der Waals surface area contributed by atoms with E-state index in [4.69, 9.17) is 9.84 Å². The molecule has 7 heteroatoms. The van der Waals surface area contributed by atoms with Gasteiger partial charge in [-0.3, -0.25) is 14.5 Å². The van der Waals surface area contributed by atoms with Crippen LogP contribution in [0.1, 0.15) is 29.2 Å². The summed E-state index contributed by atoms with van der Waals surface area (Å²) in [7, 11) is 1.69. The maximum Gasteiger partial charge on any atom is 0.307 e. The van der Waals surface area contributed by atoms with Crippen LogP contribution in [-0.4, -0.2) is 34.1 Å². The number of carboxylic acids is 1. The van der Waals surface area contributed by atoms with Crippen LogP contribution in [0.4, 0.5) is 5.69 Å². The third kappa shape index (κ3) is 6.39. The minimum atomic E-state index is -0.878. The van der Waals surface area contributed by atoms with Crippen molar-refractivity contribution in [3.05, 3.63) is 100.0 Å². The van der Waals surface area contributed by atoms with E-state index < -0.39 is 5.97 Å². The molecule has 1 saturated heterocycles. The van der Waals surface area contributed by atoms with Crippen molar-refractivity contribution in [2.75, 3.05) is 7.05 Å². The molecule has 3 aromatic carbocycles. The molecule has 35 heavy (non-hydrogen) atoms. The van der Waals surface area contributed by atoms with E-state index in [9.17, 15) is 9.59 Å². The van der Waals surface area contributed by atoms with Crippen LogP contribution in [0, 0.1) is 0 Å². The highest BCUT2D eigenvalue weighted by molar-refractivity contribution is 8.18. The summed E-state index contributed by atoms with van der Waals surface area (Å²) in [4.78, 5) is 30.2. The van der Waals surface area contributed by atoms with Gasteiger partial charge in [0, 0.05) is 7.05 Å². The SMILES string of the molecule is CCc1ccc(COc2ccc(C=C3SC(=Nc4ccc(CC(=O)O)cc4)N(C)C3=O)cc2)cc1. The van der Waals surface area contributed by atoms with Crippen LogP contribution in [0.3, 0.4) is 0 Å². The molecule has 0 saturated carbocycles. The Morgan fingerprint density at radius 3 is 2.23 bits per heavy atom. The van der Waals surface area contributed by atoms with Gasteiger partial charge in [0.15, 0.2) is 5.17 Å². The molecule has 1 amide bonds. The first-order chi connectivity index (χ1) is 16.9. The summed E-state index contributed by atoms with van der Waals surface area (Å²) in [6.45, 7) is 2.64. The van der Waals surface area contributed by atoms with Crippen molar-refractivity contribution in [3.63, 3.8) is 0 Å². The van der Waals surface area contributed by atoms with Gasteiger partial charge in [0.25, 0.3) is 5.91 Å². The lowest BCUT2D eigenvalue weighted by molar-refractivity contribution is -0.136. The van der Waals surface area contributed by atoms with Gasteiger partial charge in [-0.2, -0.15) is 0 Å². The number of ether oxygens (including phenoxy) is 1. The molecule has 0 aromatic heterocycles. The van der Waals surface area contributed by atoms with Gasteiger partial charge < -0.3 is 9.84 Å². The molecular formula is C28H26N2O4S. The van der Waals surface area contributed by atoms with Crippen molar-refractivity contribution >= 4 is 40.6 Å². The number of hydrogen-bond acceptors (Lipinski definition) is 5. The predicted octanol–water partition coefficient (Wildman–Crippen LogP) is 5.69. The Bertz CT molecular complexity index is 1260. The van der Waals surface area contributed by atoms with Crippen molar-refractivity contribution in [1.82, 2.24) is 4.90 Å². The lowest BCUT2D eigenvalue weighted by atomic mass is 10.1. The standard InChI is InChI=1S/C28H26N2O4S/c1-3-19-4-6-22(7-5-19)18-34-24-14-10-20(11-15-24)16-25-27(33)30(2)28(35-25)29-23-12-8-21(9-13-23)17-26(31)32/h4-16H,3,17-18H2,1-2H3,(H,31,32). The summed E-state index contributed by atoms with van der Waals surface area (Å²) >= 11 is 1.31. The molecule has 178 valence electrons. The van der Waals surface area contributed by atoms with Crippen LogP contribution in [0.2, 0.25) is 0 Å². The molecule has 0 spiro atoms. The van der Waals surface area contributed by atoms with Crippen LogP contribution in [0.25, 0.3) is 6.08 Å². The zero-order valence-corrected chi connectivity index (χ0v) is 20.4. The highest BCUT2D eigenvalue weighted by Gasteiger charge is 2.30. The molecule has 0 unspecified atom stereocenters. The van der Waals surface area contributed by atoms with Gasteiger partial charge in [-0.1, -0.05) is 55.5 Å². The van der Waals surface area contributed by atoms with E-state index >= 15 is 0 Å². The number of aliphatic carboxylic acids is 1. The molecule has 0 bridgehead atoms. The first kappa shape index (κ1) is 24.3. The number of nitrogens with zero attached hydrogens (tertiary/aromatic N) is 2. The molecule has 3 aromatic rings. The van der Waals surface area contributed by atoms with Crippen molar-refractivity contribution in [2.45, 2.75) is 26.4 Å². The van der Waals surface area contributed by atoms with Crippen LogP contribution in [0.5, 0.6) is 5.75 Å². The average molecular weight is 487 g/mol. The summed E-state index contributed by atoms with van der Waals surface area (Å²) in [5, 5.41) is 9.47. The number of benzene rings is 3. The molecule has 6 nitrogen and oxygen atoms in total. The summed E-state index contributed by atoms with van der Waals surface area (Å²) in [6, 6.07) is 23.0. The number of amidine groups is 1. The fraction of sp³-hybridized carbons (Fsp3) is 0.179. The van der Waals surface area contributed by atoms with Gasteiger partial charge in [0.1, 0.15) is 12.4 Å². The van der Waals surface area contributed by atoms with Gasteiger partial charge in [-0.05, 0) is 70.8 Å². The second-order valence-electron chi connectivity index (χ2n) is 8.13. The van der Waals surface area contributed by atoms with Crippen LogP contribution < -0.4 is 4.74 Å². The van der Waals surface area contributed by atoms with E-state index in [0.717, 1.165) is 23.3 Å². The minimum Gasteiger partial charge on any atom is -0.489 e. The van der Waals surface area contributed by atoms with E-state index in [0.29, 0.717) is 27.9 Å². The molecule has 1 N–H and O–H groups in total. The van der Waals surface area contributed by atoms with Gasteiger partial charge in [-0.15, -0.1) is 0 Å². The highest BCUT2D eigenvalue weighted by atomic mass is 32.2. The Labute approximate surface area is 209 Å². The molecule has 1 aliphatic heterocycles. The molecular weight excluding hydrogens is 460 g/mol. The monoisotopic (exact) mass is 486 g/mol. The van der Waals surface area contributed by atoms with Crippen molar-refractivity contribution < 1.29 is 19.4 Å². The molecule has 0 radical (unpaired) electrons. The molecule has 0 atom stereocenters. The second kappa shape index (κ2) is 11.1. The highest BCUT2D eigenvalue weighted by Crippen LogP contribution is 2.33. The third-order valence-corrected chi connectivity index (χ3v) is 6.59. The van der Waals surface area contributed by atoms with Crippen molar-refractivity contribution in [2.24, 2.45) is 4.99 Å². The summed E-state index contributed by atoms with van der Waals surface area (Å²) in [5.74, 6) is -0.230. The zero-order valence-electron chi connectivity index (χ0n) is 19.6. The first-order valence-corrected chi connectivity index (χ1v) is 12.1. The average Bonchev–Trinajstić information content (AvgIpc) is 3.12. The molecule has 1 fully saturated rings. The van der Waals surface area contributed by atoms with E-state index in [1.807, 2.05) is 30.3 Å². The Morgan fingerprint density at radius 2 is 1.60 bits per heavy atom. The number of aliphatic imine (C=N–C) groups is 1. The van der Waals surface area contributed by atoms with E-state index in [1.165, 1.54) is 22.2 Å². The van der Waals surface area contributed by atoms with Crippen molar-refractivity contribution in [1.29, 1.82) is 0 Å². The number of rotatable bonds is 8. The number of amides is 1. The Balaban J connectivity index is 1.40. The zero-order chi connectivity index (χ0) is 24.8.